The number of aliphatic carboxylic acids is 1. The summed E-state index contributed by atoms with van der Waals surface area (Å²) in [6, 6.07) is 21.3. The summed E-state index contributed by atoms with van der Waals surface area (Å²) in [6.07, 6.45) is -0.587. The Balaban J connectivity index is 1.87. The first-order chi connectivity index (χ1) is 11.1. The lowest BCUT2D eigenvalue weighted by Crippen LogP contribution is -2.29. The van der Waals surface area contributed by atoms with E-state index in [-0.39, 0.29) is 0 Å². The third-order valence-corrected chi connectivity index (χ3v) is 4.35. The maximum atomic E-state index is 11.6. The number of fused-ring (bicyclic) bond motifs is 1. The van der Waals surface area contributed by atoms with E-state index in [0.29, 0.717) is 12.2 Å². The van der Waals surface area contributed by atoms with Gasteiger partial charge >= 0.3 is 5.97 Å². The maximum absolute atomic E-state index is 11.6. The molecule has 1 N–H and O–H groups in total. The monoisotopic (exact) mass is 418 g/mol. The van der Waals surface area contributed by atoms with Crippen molar-refractivity contribution in [3.8, 4) is 5.75 Å². The SMILES string of the molecule is O=C(O)[C@H](Cc1ccc(I)cc1)Oc1cccc2ccccc12. The topological polar surface area (TPSA) is 46.5 Å². The molecular formula is C19H15IO3. The normalized spacial score (nSPS) is 12.0. The third kappa shape index (κ3) is 3.82. The highest BCUT2D eigenvalue weighted by atomic mass is 127. The minimum absolute atomic E-state index is 0.329. The molecule has 116 valence electrons. The number of benzene rings is 3. The van der Waals surface area contributed by atoms with Crippen LogP contribution in [-0.4, -0.2) is 17.2 Å². The molecule has 23 heavy (non-hydrogen) atoms. The molecule has 0 saturated carbocycles. The molecule has 0 heterocycles. The third-order valence-electron chi connectivity index (χ3n) is 3.63. The van der Waals surface area contributed by atoms with Crippen molar-refractivity contribution in [3.05, 3.63) is 75.9 Å². The quantitative estimate of drug-likeness (QED) is 0.620. The maximum Gasteiger partial charge on any atom is 0.345 e. The summed E-state index contributed by atoms with van der Waals surface area (Å²) in [5, 5.41) is 11.4. The molecule has 0 spiro atoms. The molecule has 0 aromatic heterocycles. The standard InChI is InChI=1S/C19H15IO3/c20-15-10-8-13(9-11-15)12-18(19(21)22)23-17-7-3-5-14-4-1-2-6-16(14)17/h1-11,18H,12H2,(H,21,22)/t18-/m0/s1. The number of hydrogen-bond donors (Lipinski definition) is 1. The van der Waals surface area contributed by atoms with Gasteiger partial charge in [0.15, 0.2) is 6.10 Å². The molecule has 3 rings (SSSR count). The molecule has 0 fully saturated rings. The summed E-state index contributed by atoms with van der Waals surface area (Å²) < 4.78 is 6.94. The van der Waals surface area contributed by atoms with Crippen LogP contribution in [0.15, 0.2) is 66.7 Å². The summed E-state index contributed by atoms with van der Waals surface area (Å²) in [7, 11) is 0. The van der Waals surface area contributed by atoms with Crippen LogP contribution in [0.2, 0.25) is 0 Å². The van der Waals surface area contributed by atoms with E-state index in [1.54, 1.807) is 0 Å². The minimum Gasteiger partial charge on any atom is -0.478 e. The highest BCUT2D eigenvalue weighted by Crippen LogP contribution is 2.26. The van der Waals surface area contributed by atoms with Gasteiger partial charge in [0.1, 0.15) is 5.75 Å². The van der Waals surface area contributed by atoms with Crippen molar-refractivity contribution in [2.45, 2.75) is 12.5 Å². The molecule has 0 amide bonds. The minimum atomic E-state index is -0.962. The number of ether oxygens (including phenoxy) is 1. The fourth-order valence-electron chi connectivity index (χ4n) is 2.47. The molecule has 0 aliphatic carbocycles. The van der Waals surface area contributed by atoms with E-state index in [2.05, 4.69) is 22.6 Å². The van der Waals surface area contributed by atoms with Crippen LogP contribution in [0, 0.1) is 3.57 Å². The van der Waals surface area contributed by atoms with Crippen molar-refractivity contribution in [1.29, 1.82) is 0 Å². The Morgan fingerprint density at radius 2 is 1.70 bits per heavy atom. The molecule has 0 radical (unpaired) electrons. The average molecular weight is 418 g/mol. The van der Waals surface area contributed by atoms with Gasteiger partial charge in [-0.2, -0.15) is 0 Å². The van der Waals surface area contributed by atoms with Gasteiger partial charge < -0.3 is 9.84 Å². The van der Waals surface area contributed by atoms with E-state index < -0.39 is 12.1 Å². The summed E-state index contributed by atoms with van der Waals surface area (Å²) in [5.74, 6) is -0.363. The van der Waals surface area contributed by atoms with E-state index in [1.165, 1.54) is 0 Å². The zero-order chi connectivity index (χ0) is 16.2. The number of carboxylic acid groups (broad SMARTS) is 1. The van der Waals surface area contributed by atoms with Gasteiger partial charge in [-0.1, -0.05) is 48.5 Å². The van der Waals surface area contributed by atoms with E-state index in [4.69, 9.17) is 4.74 Å². The molecule has 0 aliphatic rings. The first kappa shape index (κ1) is 15.8. The number of halogens is 1. The van der Waals surface area contributed by atoms with Crippen LogP contribution in [0.3, 0.4) is 0 Å². The van der Waals surface area contributed by atoms with E-state index in [1.807, 2.05) is 66.7 Å². The molecule has 0 unspecified atom stereocenters. The molecule has 4 heteroatoms. The van der Waals surface area contributed by atoms with Crippen LogP contribution in [0.1, 0.15) is 5.56 Å². The van der Waals surface area contributed by atoms with Gasteiger partial charge in [0, 0.05) is 15.4 Å². The second-order valence-corrected chi connectivity index (χ2v) is 6.50. The van der Waals surface area contributed by atoms with E-state index >= 15 is 0 Å². The van der Waals surface area contributed by atoms with Crippen LogP contribution in [0.25, 0.3) is 10.8 Å². The summed E-state index contributed by atoms with van der Waals surface area (Å²) in [4.78, 5) is 11.6. The molecule has 3 aromatic rings. The second kappa shape index (κ2) is 7.00. The first-order valence-electron chi connectivity index (χ1n) is 7.25. The van der Waals surface area contributed by atoms with E-state index in [0.717, 1.165) is 19.9 Å². The second-order valence-electron chi connectivity index (χ2n) is 5.25. The van der Waals surface area contributed by atoms with Gasteiger partial charge in [0.2, 0.25) is 0 Å². The molecule has 3 aromatic carbocycles. The Bertz CT molecular complexity index is 822. The first-order valence-corrected chi connectivity index (χ1v) is 8.33. The molecule has 0 saturated heterocycles. The number of hydrogen-bond acceptors (Lipinski definition) is 2. The predicted octanol–water partition coefficient (Wildman–Crippen LogP) is 4.52. The summed E-state index contributed by atoms with van der Waals surface area (Å²) in [5.41, 5.74) is 0.943. The van der Waals surface area contributed by atoms with Gasteiger partial charge in [-0.05, 0) is 51.7 Å². The van der Waals surface area contributed by atoms with Crippen LogP contribution in [0.5, 0.6) is 5.75 Å². The Labute approximate surface area is 148 Å². The molecule has 0 bridgehead atoms. The van der Waals surface area contributed by atoms with Crippen LogP contribution >= 0.6 is 22.6 Å². The van der Waals surface area contributed by atoms with Gasteiger partial charge in [-0.15, -0.1) is 0 Å². The van der Waals surface area contributed by atoms with Gasteiger partial charge in [0.25, 0.3) is 0 Å². The van der Waals surface area contributed by atoms with Crippen molar-refractivity contribution in [2.24, 2.45) is 0 Å². The number of rotatable bonds is 5. The number of carbonyl (C=O) groups is 1. The van der Waals surface area contributed by atoms with Gasteiger partial charge in [0.05, 0.1) is 0 Å². The van der Waals surface area contributed by atoms with Crippen LogP contribution in [-0.2, 0) is 11.2 Å². The average Bonchev–Trinajstić information content (AvgIpc) is 2.56. The molecular weight excluding hydrogens is 403 g/mol. The van der Waals surface area contributed by atoms with Crippen LogP contribution < -0.4 is 4.74 Å². The van der Waals surface area contributed by atoms with Crippen molar-refractivity contribution >= 4 is 39.3 Å². The highest BCUT2D eigenvalue weighted by Gasteiger charge is 2.21. The fourth-order valence-corrected chi connectivity index (χ4v) is 2.83. The Hall–Kier alpha value is -2.08. The number of carboxylic acids is 1. The lowest BCUT2D eigenvalue weighted by Gasteiger charge is -2.17. The zero-order valence-corrected chi connectivity index (χ0v) is 14.4. The largest absolute Gasteiger partial charge is 0.478 e. The smallest absolute Gasteiger partial charge is 0.345 e. The molecule has 0 aliphatic heterocycles. The highest BCUT2D eigenvalue weighted by molar-refractivity contribution is 14.1. The van der Waals surface area contributed by atoms with Crippen LogP contribution in [0.4, 0.5) is 0 Å². The lowest BCUT2D eigenvalue weighted by atomic mass is 10.1. The summed E-state index contributed by atoms with van der Waals surface area (Å²) in [6.45, 7) is 0. The van der Waals surface area contributed by atoms with Crippen molar-refractivity contribution in [1.82, 2.24) is 0 Å². The molecule has 3 nitrogen and oxygen atoms in total. The summed E-state index contributed by atoms with van der Waals surface area (Å²) >= 11 is 2.22. The molecule has 1 atom stereocenters. The van der Waals surface area contributed by atoms with Crippen molar-refractivity contribution < 1.29 is 14.6 Å². The lowest BCUT2D eigenvalue weighted by molar-refractivity contribution is -0.144. The Kier molecular flexibility index (Phi) is 4.81. The fraction of sp³-hybridized carbons (Fsp3) is 0.105. The Morgan fingerprint density at radius 1 is 1.00 bits per heavy atom. The predicted molar refractivity (Wildman–Crippen MR) is 98.9 cm³/mol. The Morgan fingerprint density at radius 3 is 2.43 bits per heavy atom. The zero-order valence-electron chi connectivity index (χ0n) is 12.3. The van der Waals surface area contributed by atoms with E-state index in [9.17, 15) is 9.90 Å². The van der Waals surface area contributed by atoms with Gasteiger partial charge in [-0.3, -0.25) is 0 Å². The van der Waals surface area contributed by atoms with Gasteiger partial charge in [-0.25, -0.2) is 4.79 Å². The van der Waals surface area contributed by atoms with Crippen molar-refractivity contribution in [2.75, 3.05) is 0 Å². The van der Waals surface area contributed by atoms with Crippen molar-refractivity contribution in [3.63, 3.8) is 0 Å².